The quantitative estimate of drug-likeness (QED) is 0.184. The molecule has 5 nitrogen and oxygen atoms in total. The summed E-state index contributed by atoms with van der Waals surface area (Å²) in [6, 6.07) is 59.5. The van der Waals surface area contributed by atoms with Crippen LogP contribution in [0.15, 0.2) is 164 Å². The fourth-order valence-electron chi connectivity index (χ4n) is 8.09. The Morgan fingerprint density at radius 3 is 1.75 bits per heavy atom. The number of nitriles is 1. The van der Waals surface area contributed by atoms with Crippen molar-refractivity contribution < 1.29 is 0 Å². The Morgan fingerprint density at radius 1 is 0.472 bits per heavy atom. The Morgan fingerprint density at radius 2 is 1.04 bits per heavy atom. The van der Waals surface area contributed by atoms with Crippen LogP contribution in [0.1, 0.15) is 5.56 Å². The molecule has 0 saturated carbocycles. The van der Waals surface area contributed by atoms with Gasteiger partial charge in [0.25, 0.3) is 0 Å². The second kappa shape index (κ2) is 11.5. The largest absolute Gasteiger partial charge is 0.307 e. The van der Waals surface area contributed by atoms with Crippen LogP contribution in [0.5, 0.6) is 0 Å². The van der Waals surface area contributed by atoms with Gasteiger partial charge in [0.05, 0.1) is 43.7 Å². The van der Waals surface area contributed by atoms with Gasteiger partial charge in [-0.05, 0) is 36.4 Å². The first kappa shape index (κ1) is 29.6. The zero-order chi connectivity index (χ0) is 35.0. The van der Waals surface area contributed by atoms with Gasteiger partial charge in [0, 0.05) is 53.8 Å². The lowest BCUT2D eigenvalue weighted by Gasteiger charge is -2.14. The molecule has 0 amide bonds. The van der Waals surface area contributed by atoms with Crippen molar-refractivity contribution in [3.63, 3.8) is 0 Å². The van der Waals surface area contributed by atoms with Crippen LogP contribution in [-0.2, 0) is 0 Å². The van der Waals surface area contributed by atoms with Gasteiger partial charge in [-0.2, -0.15) is 5.26 Å². The van der Waals surface area contributed by atoms with Gasteiger partial charge in [0.2, 0.25) is 5.95 Å². The maximum Gasteiger partial charge on any atom is 0.235 e. The molecule has 0 spiro atoms. The maximum atomic E-state index is 9.97. The molecule has 11 aromatic rings. The summed E-state index contributed by atoms with van der Waals surface area (Å²) in [5.74, 6) is 0.598. The molecule has 0 N–H and O–H groups in total. The second-order valence-electron chi connectivity index (χ2n) is 13.3. The van der Waals surface area contributed by atoms with Crippen molar-refractivity contribution in [2.45, 2.75) is 0 Å². The third-order valence-electron chi connectivity index (χ3n) is 10.4. The fraction of sp³-hybridized carbons (Fsp3) is 0. The average Bonchev–Trinajstić information content (AvgIpc) is 3.89. The lowest BCUT2D eigenvalue weighted by atomic mass is 10.0. The SMILES string of the molecule is N#Cc1cccc2c1sc1c(-c3cc(-c4ccccc4)nc(-n4c5ccccc5c5ccc6c7ccccc7n(-c7ccccc7)c6c54)n3)cccc12. The third-order valence-corrected chi connectivity index (χ3v) is 11.7. The molecule has 246 valence electrons. The van der Waals surface area contributed by atoms with Crippen molar-refractivity contribution in [1.29, 1.82) is 5.26 Å². The van der Waals surface area contributed by atoms with Gasteiger partial charge in [0.1, 0.15) is 6.07 Å². The number of hydrogen-bond donors (Lipinski definition) is 0. The number of fused-ring (bicyclic) bond motifs is 10. The smallest absolute Gasteiger partial charge is 0.235 e. The molecule has 6 heteroatoms. The minimum atomic E-state index is 0.598. The Labute approximate surface area is 307 Å². The first-order valence-electron chi connectivity index (χ1n) is 17.6. The van der Waals surface area contributed by atoms with Crippen molar-refractivity contribution in [2.24, 2.45) is 0 Å². The topological polar surface area (TPSA) is 59.4 Å². The Balaban J connectivity index is 1.30. The van der Waals surface area contributed by atoms with Crippen LogP contribution in [0.4, 0.5) is 0 Å². The summed E-state index contributed by atoms with van der Waals surface area (Å²) >= 11 is 1.66. The number of nitrogens with zero attached hydrogens (tertiary/aromatic N) is 5. The summed E-state index contributed by atoms with van der Waals surface area (Å²) in [6.07, 6.45) is 0. The number of rotatable bonds is 4. The van der Waals surface area contributed by atoms with E-state index < -0.39 is 0 Å². The van der Waals surface area contributed by atoms with Crippen molar-refractivity contribution in [1.82, 2.24) is 19.1 Å². The molecule has 0 atom stereocenters. The van der Waals surface area contributed by atoms with E-state index >= 15 is 0 Å². The number of hydrogen-bond acceptors (Lipinski definition) is 4. The highest BCUT2D eigenvalue weighted by Gasteiger charge is 2.23. The molecule has 0 aliphatic heterocycles. The second-order valence-corrected chi connectivity index (χ2v) is 14.3. The highest BCUT2D eigenvalue weighted by Crippen LogP contribution is 2.44. The molecule has 7 aromatic carbocycles. The molecular weight excluding hydrogens is 667 g/mol. The predicted octanol–water partition coefficient (Wildman–Crippen LogP) is 12.2. The molecule has 0 radical (unpaired) electrons. The summed E-state index contributed by atoms with van der Waals surface area (Å²) in [5, 5.41) is 16.8. The molecule has 0 aliphatic carbocycles. The minimum Gasteiger partial charge on any atom is -0.307 e. The van der Waals surface area contributed by atoms with E-state index in [1.807, 2.05) is 18.2 Å². The van der Waals surface area contributed by atoms with Crippen molar-refractivity contribution in [3.8, 4) is 40.2 Å². The molecule has 0 bridgehead atoms. The van der Waals surface area contributed by atoms with Crippen LogP contribution in [0.2, 0.25) is 0 Å². The normalized spacial score (nSPS) is 11.8. The average molecular weight is 694 g/mol. The fourth-order valence-corrected chi connectivity index (χ4v) is 9.38. The molecule has 0 unspecified atom stereocenters. The van der Waals surface area contributed by atoms with Crippen molar-refractivity contribution in [2.75, 3.05) is 0 Å². The van der Waals surface area contributed by atoms with Crippen LogP contribution in [0, 0.1) is 11.3 Å². The van der Waals surface area contributed by atoms with Gasteiger partial charge in [-0.25, -0.2) is 9.97 Å². The number of para-hydroxylation sites is 3. The van der Waals surface area contributed by atoms with E-state index in [0.29, 0.717) is 11.5 Å². The lowest BCUT2D eigenvalue weighted by Crippen LogP contribution is -2.05. The van der Waals surface area contributed by atoms with Gasteiger partial charge in [-0.1, -0.05) is 127 Å². The molecule has 4 aromatic heterocycles. The highest BCUT2D eigenvalue weighted by atomic mass is 32.1. The lowest BCUT2D eigenvalue weighted by molar-refractivity contribution is 0.995. The summed E-state index contributed by atoms with van der Waals surface area (Å²) in [6.45, 7) is 0. The summed E-state index contributed by atoms with van der Waals surface area (Å²) < 4.78 is 6.74. The highest BCUT2D eigenvalue weighted by molar-refractivity contribution is 7.26. The van der Waals surface area contributed by atoms with Crippen LogP contribution < -0.4 is 0 Å². The summed E-state index contributed by atoms with van der Waals surface area (Å²) in [5.41, 5.74) is 9.81. The van der Waals surface area contributed by atoms with E-state index in [9.17, 15) is 5.26 Å². The number of benzene rings is 7. The Bertz CT molecular complexity index is 3290. The van der Waals surface area contributed by atoms with Gasteiger partial charge >= 0.3 is 0 Å². The molecule has 0 fully saturated rings. The first-order chi connectivity index (χ1) is 26.3. The summed E-state index contributed by atoms with van der Waals surface area (Å²) in [4.78, 5) is 10.9. The zero-order valence-electron chi connectivity index (χ0n) is 28.2. The molecule has 11 rings (SSSR count). The molecule has 0 saturated heterocycles. The van der Waals surface area contributed by atoms with E-state index in [1.54, 1.807) is 11.3 Å². The number of thiophene rings is 1. The molecule has 0 aliphatic rings. The maximum absolute atomic E-state index is 9.97. The van der Waals surface area contributed by atoms with Crippen LogP contribution in [0.3, 0.4) is 0 Å². The van der Waals surface area contributed by atoms with Crippen LogP contribution in [0.25, 0.3) is 97.9 Å². The van der Waals surface area contributed by atoms with E-state index in [-0.39, 0.29) is 0 Å². The standard InChI is InChI=1S/C47H27N5S/c48-28-30-15-11-20-36-37-21-12-22-38(46(37)53-45(30)36)40-27-39(29-13-3-1-4-14-29)49-47(50-40)52-42-24-10-8-19-33(42)35-26-25-34-32-18-7-9-23-41(32)51(43(34)44(35)52)31-16-5-2-6-17-31/h1-27H. The molecule has 4 heterocycles. The Hall–Kier alpha value is -7.07. The molecular formula is C47H27N5S. The predicted molar refractivity (Wildman–Crippen MR) is 219 cm³/mol. The Kier molecular flexibility index (Phi) is 6.42. The van der Waals surface area contributed by atoms with E-state index in [2.05, 4.69) is 161 Å². The van der Waals surface area contributed by atoms with Gasteiger partial charge in [-0.15, -0.1) is 11.3 Å². The van der Waals surface area contributed by atoms with Crippen LogP contribution >= 0.6 is 11.3 Å². The van der Waals surface area contributed by atoms with E-state index in [4.69, 9.17) is 9.97 Å². The molecule has 53 heavy (non-hydrogen) atoms. The van der Waals surface area contributed by atoms with Crippen molar-refractivity contribution in [3.05, 3.63) is 169 Å². The third kappa shape index (κ3) is 4.35. The van der Waals surface area contributed by atoms with Crippen molar-refractivity contribution >= 4 is 75.1 Å². The van der Waals surface area contributed by atoms with Gasteiger partial charge in [0.15, 0.2) is 0 Å². The van der Waals surface area contributed by atoms with Crippen LogP contribution in [-0.4, -0.2) is 19.1 Å². The van der Waals surface area contributed by atoms with E-state index in [1.165, 1.54) is 10.8 Å². The minimum absolute atomic E-state index is 0.598. The monoisotopic (exact) mass is 693 g/mol. The zero-order valence-corrected chi connectivity index (χ0v) is 29.0. The first-order valence-corrected chi connectivity index (χ1v) is 18.4. The number of aromatic nitrogens is 4. The van der Waals surface area contributed by atoms with Gasteiger partial charge < -0.3 is 4.57 Å². The summed E-state index contributed by atoms with van der Waals surface area (Å²) in [7, 11) is 0. The van der Waals surface area contributed by atoms with Gasteiger partial charge in [-0.3, -0.25) is 4.57 Å². The van der Waals surface area contributed by atoms with E-state index in [0.717, 1.165) is 81.2 Å².